The van der Waals surface area contributed by atoms with Crippen LogP contribution in [0.2, 0.25) is 15.1 Å². The van der Waals surface area contributed by atoms with E-state index in [1.807, 2.05) is 0 Å². The Labute approximate surface area is 162 Å². The van der Waals surface area contributed by atoms with Gasteiger partial charge in [-0.1, -0.05) is 41.7 Å². The van der Waals surface area contributed by atoms with Gasteiger partial charge in [0.05, 0.1) is 13.0 Å². The lowest BCUT2D eigenvalue weighted by molar-refractivity contribution is -0.147. The fraction of sp³-hybridized carbons (Fsp3) is 0.529. The molecule has 0 saturated carbocycles. The van der Waals surface area contributed by atoms with Gasteiger partial charge in [0.1, 0.15) is 0 Å². The second-order valence-corrected chi connectivity index (χ2v) is 7.25. The fourth-order valence-electron chi connectivity index (χ4n) is 2.75. The highest BCUT2D eigenvalue weighted by Gasteiger charge is 2.33. The molecule has 0 bridgehead atoms. The minimum atomic E-state index is -0.776. The van der Waals surface area contributed by atoms with Crippen molar-refractivity contribution >= 4 is 46.9 Å². The van der Waals surface area contributed by atoms with Crippen molar-refractivity contribution in [2.24, 2.45) is 5.92 Å². The predicted octanol–water partition coefficient (Wildman–Crippen LogP) is 4.95. The molecule has 1 aromatic carbocycles. The molecule has 138 valence electrons. The summed E-state index contributed by atoms with van der Waals surface area (Å²) in [5.41, 5.74) is 0.506. The number of amides is 1. The monoisotopic (exact) mass is 407 g/mol. The van der Waals surface area contributed by atoms with Gasteiger partial charge in [-0.05, 0) is 37.0 Å². The molecule has 2 rings (SSSR count). The summed E-state index contributed by atoms with van der Waals surface area (Å²) in [6.45, 7) is 4.45. The third kappa shape index (κ3) is 5.40. The van der Waals surface area contributed by atoms with Crippen LogP contribution in [0.4, 0.5) is 4.79 Å². The van der Waals surface area contributed by atoms with Crippen LogP contribution in [-0.4, -0.2) is 36.3 Å². The SMILES string of the molecule is CCOC(=O)OC1CC(C)CCN1C(=O)Cc1c(Cl)cc(Cl)cc1Cl. The Balaban J connectivity index is 2.13. The Morgan fingerprint density at radius 3 is 2.48 bits per heavy atom. The number of ether oxygens (including phenoxy) is 2. The van der Waals surface area contributed by atoms with E-state index in [0.717, 1.165) is 6.42 Å². The first kappa shape index (κ1) is 20.1. The highest BCUT2D eigenvalue weighted by Crippen LogP contribution is 2.31. The van der Waals surface area contributed by atoms with Crippen molar-refractivity contribution in [2.45, 2.75) is 39.3 Å². The van der Waals surface area contributed by atoms with Gasteiger partial charge in [-0.2, -0.15) is 0 Å². The molecule has 8 heteroatoms. The van der Waals surface area contributed by atoms with Gasteiger partial charge in [-0.3, -0.25) is 4.79 Å². The first-order valence-corrected chi connectivity index (χ1v) is 9.21. The van der Waals surface area contributed by atoms with Crippen molar-refractivity contribution < 1.29 is 19.1 Å². The van der Waals surface area contributed by atoms with Crippen LogP contribution >= 0.6 is 34.8 Å². The molecular formula is C17H20Cl3NO4. The Hall–Kier alpha value is -1.17. The summed E-state index contributed by atoms with van der Waals surface area (Å²) in [6.07, 6.45) is -0.0307. The number of likely N-dealkylation sites (tertiary alicyclic amines) is 1. The van der Waals surface area contributed by atoms with Crippen molar-refractivity contribution in [1.82, 2.24) is 4.90 Å². The van der Waals surface area contributed by atoms with Crippen LogP contribution < -0.4 is 0 Å². The number of piperidine rings is 1. The maximum Gasteiger partial charge on any atom is 0.510 e. The van der Waals surface area contributed by atoms with E-state index in [2.05, 4.69) is 6.92 Å². The molecule has 5 nitrogen and oxygen atoms in total. The number of rotatable bonds is 4. The van der Waals surface area contributed by atoms with E-state index < -0.39 is 12.4 Å². The third-order valence-corrected chi connectivity index (χ3v) is 4.96. The molecular weight excluding hydrogens is 389 g/mol. The Morgan fingerprint density at radius 1 is 1.24 bits per heavy atom. The number of hydrogen-bond donors (Lipinski definition) is 0. The summed E-state index contributed by atoms with van der Waals surface area (Å²) in [4.78, 5) is 25.9. The van der Waals surface area contributed by atoms with Crippen molar-refractivity contribution in [3.05, 3.63) is 32.8 Å². The average Bonchev–Trinajstić information content (AvgIpc) is 2.51. The van der Waals surface area contributed by atoms with Crippen molar-refractivity contribution in [1.29, 1.82) is 0 Å². The lowest BCUT2D eigenvalue weighted by Gasteiger charge is -2.37. The van der Waals surface area contributed by atoms with E-state index in [1.165, 1.54) is 4.90 Å². The predicted molar refractivity (Wildman–Crippen MR) is 97.2 cm³/mol. The Kier molecular flexibility index (Phi) is 7.23. The molecule has 0 N–H and O–H groups in total. The molecule has 2 atom stereocenters. The van der Waals surface area contributed by atoms with Crippen molar-refractivity contribution in [3.63, 3.8) is 0 Å². The van der Waals surface area contributed by atoms with Crippen LogP contribution in [0.3, 0.4) is 0 Å². The molecule has 0 aromatic heterocycles. The van der Waals surface area contributed by atoms with Gasteiger partial charge in [-0.25, -0.2) is 4.79 Å². The van der Waals surface area contributed by atoms with Gasteiger partial charge in [0.25, 0.3) is 0 Å². The molecule has 2 unspecified atom stereocenters. The van der Waals surface area contributed by atoms with Crippen molar-refractivity contribution in [2.75, 3.05) is 13.2 Å². The summed E-state index contributed by atoms with van der Waals surface area (Å²) in [6, 6.07) is 3.09. The van der Waals surface area contributed by atoms with Gasteiger partial charge in [-0.15, -0.1) is 0 Å². The highest BCUT2D eigenvalue weighted by molar-refractivity contribution is 6.39. The Bertz CT molecular complexity index is 630. The second-order valence-electron chi connectivity index (χ2n) is 6.00. The number of carbonyl (C=O) groups excluding carboxylic acids is 2. The van der Waals surface area contributed by atoms with Gasteiger partial charge < -0.3 is 14.4 Å². The topological polar surface area (TPSA) is 55.8 Å². The van der Waals surface area contributed by atoms with Gasteiger partial charge in [0, 0.05) is 28.0 Å². The molecule has 0 spiro atoms. The molecule has 1 aliphatic heterocycles. The average molecular weight is 409 g/mol. The van der Waals surface area contributed by atoms with Crippen molar-refractivity contribution in [3.8, 4) is 0 Å². The summed E-state index contributed by atoms with van der Waals surface area (Å²) in [7, 11) is 0. The summed E-state index contributed by atoms with van der Waals surface area (Å²) in [5, 5.41) is 1.07. The number of carbonyl (C=O) groups is 2. The minimum absolute atomic E-state index is 0.00586. The van der Waals surface area contributed by atoms with Gasteiger partial charge >= 0.3 is 6.16 Å². The second kappa shape index (κ2) is 8.97. The zero-order chi connectivity index (χ0) is 18.6. The number of nitrogens with zero attached hydrogens (tertiary/aromatic N) is 1. The molecule has 1 heterocycles. The third-order valence-electron chi connectivity index (χ3n) is 4.06. The zero-order valence-corrected chi connectivity index (χ0v) is 16.3. The van der Waals surface area contributed by atoms with Crippen LogP contribution in [0.5, 0.6) is 0 Å². The van der Waals surface area contributed by atoms with E-state index in [0.29, 0.717) is 39.5 Å². The zero-order valence-electron chi connectivity index (χ0n) is 14.1. The molecule has 1 aromatic rings. The van der Waals surface area contributed by atoms with Crippen LogP contribution in [0.25, 0.3) is 0 Å². The van der Waals surface area contributed by atoms with Gasteiger partial charge in [0.2, 0.25) is 5.91 Å². The van der Waals surface area contributed by atoms with Crippen LogP contribution in [0.1, 0.15) is 32.3 Å². The molecule has 1 saturated heterocycles. The molecule has 1 aliphatic rings. The minimum Gasteiger partial charge on any atom is -0.435 e. The summed E-state index contributed by atoms with van der Waals surface area (Å²) < 4.78 is 10.1. The summed E-state index contributed by atoms with van der Waals surface area (Å²) >= 11 is 18.2. The fourth-order valence-corrected chi connectivity index (χ4v) is 3.70. The van der Waals surface area contributed by atoms with Crippen LogP contribution in [-0.2, 0) is 20.7 Å². The van der Waals surface area contributed by atoms with Crippen LogP contribution in [0.15, 0.2) is 12.1 Å². The quantitative estimate of drug-likeness (QED) is 0.662. The van der Waals surface area contributed by atoms with E-state index >= 15 is 0 Å². The largest absolute Gasteiger partial charge is 0.510 e. The first-order chi connectivity index (χ1) is 11.8. The normalized spacial score (nSPS) is 20.3. The number of benzene rings is 1. The lowest BCUT2D eigenvalue weighted by atomic mass is 9.97. The highest BCUT2D eigenvalue weighted by atomic mass is 35.5. The standard InChI is InChI=1S/C17H20Cl3NO4/c1-3-24-17(23)25-16-6-10(2)4-5-21(16)15(22)9-12-13(19)7-11(18)8-14(12)20/h7-8,10,16H,3-6,9H2,1-2H3. The first-order valence-electron chi connectivity index (χ1n) is 8.08. The number of hydrogen-bond acceptors (Lipinski definition) is 4. The summed E-state index contributed by atoms with van der Waals surface area (Å²) in [5.74, 6) is 0.124. The lowest BCUT2D eigenvalue weighted by Crippen LogP contribution is -2.48. The van der Waals surface area contributed by atoms with Crippen LogP contribution in [0, 0.1) is 5.92 Å². The van der Waals surface area contributed by atoms with E-state index in [-0.39, 0.29) is 18.9 Å². The molecule has 1 amide bonds. The maximum absolute atomic E-state index is 12.8. The molecule has 25 heavy (non-hydrogen) atoms. The number of halogens is 3. The molecule has 0 aliphatic carbocycles. The van der Waals surface area contributed by atoms with E-state index in [4.69, 9.17) is 44.3 Å². The Morgan fingerprint density at radius 2 is 1.88 bits per heavy atom. The molecule has 1 fully saturated rings. The smallest absolute Gasteiger partial charge is 0.435 e. The van der Waals surface area contributed by atoms with E-state index in [1.54, 1.807) is 19.1 Å². The van der Waals surface area contributed by atoms with E-state index in [9.17, 15) is 9.59 Å². The maximum atomic E-state index is 12.8. The molecule has 0 radical (unpaired) electrons. The van der Waals surface area contributed by atoms with Gasteiger partial charge in [0.15, 0.2) is 6.23 Å².